The summed E-state index contributed by atoms with van der Waals surface area (Å²) in [5.74, 6) is -0.162. The van der Waals surface area contributed by atoms with Gasteiger partial charge in [0.2, 0.25) is 0 Å². The largest absolute Gasteiger partial charge is 0.244 e. The summed E-state index contributed by atoms with van der Waals surface area (Å²) in [7, 11) is 0. The molecule has 1 aromatic heterocycles. The van der Waals surface area contributed by atoms with E-state index in [1.165, 1.54) is 17.4 Å². The third-order valence-corrected chi connectivity index (χ3v) is 2.74. The summed E-state index contributed by atoms with van der Waals surface area (Å²) in [6.45, 7) is 6.05. The lowest BCUT2D eigenvalue weighted by Crippen LogP contribution is -1.84. The predicted octanol–water partition coefficient (Wildman–Crippen LogP) is 4.02. The fourth-order valence-corrected chi connectivity index (χ4v) is 2.00. The van der Waals surface area contributed by atoms with Gasteiger partial charge in [-0.05, 0) is 18.1 Å². The lowest BCUT2D eigenvalue weighted by molar-refractivity contribution is 0.641. The van der Waals surface area contributed by atoms with E-state index in [0.29, 0.717) is 4.70 Å². The van der Waals surface area contributed by atoms with Crippen LogP contribution >= 0.6 is 11.3 Å². The molecule has 1 heterocycles. The molecule has 0 amide bonds. The van der Waals surface area contributed by atoms with Crippen LogP contribution in [0.4, 0.5) is 4.39 Å². The highest BCUT2D eigenvalue weighted by atomic mass is 32.1. The molecule has 0 aliphatic carbocycles. The van der Waals surface area contributed by atoms with Crippen molar-refractivity contribution in [3.05, 3.63) is 29.0 Å². The maximum absolute atomic E-state index is 13.1. The Bertz CT molecular complexity index is 409. The van der Waals surface area contributed by atoms with E-state index in [1.807, 2.05) is 20.8 Å². The molecule has 2 aromatic rings. The van der Waals surface area contributed by atoms with Gasteiger partial charge in [0.1, 0.15) is 5.82 Å². The Morgan fingerprint density at radius 2 is 2.07 bits per heavy atom. The Morgan fingerprint density at radius 1 is 1.36 bits per heavy atom. The first-order chi connectivity index (χ1) is 6.83. The number of hydrogen-bond acceptors (Lipinski definition) is 2. The first-order valence-electron chi connectivity index (χ1n) is 4.83. The molecule has 0 atom stereocenters. The van der Waals surface area contributed by atoms with Crippen molar-refractivity contribution in [3.63, 3.8) is 0 Å². The van der Waals surface area contributed by atoms with E-state index in [4.69, 9.17) is 0 Å². The van der Waals surface area contributed by atoms with E-state index in [0.717, 1.165) is 17.5 Å². The van der Waals surface area contributed by atoms with Gasteiger partial charge in [0, 0.05) is 0 Å². The highest BCUT2D eigenvalue weighted by Gasteiger charge is 2.06. The maximum Gasteiger partial charge on any atom is 0.142 e. The lowest BCUT2D eigenvalue weighted by Gasteiger charge is -1.97. The summed E-state index contributed by atoms with van der Waals surface area (Å²) in [6, 6.07) is 3.32. The van der Waals surface area contributed by atoms with Gasteiger partial charge in [-0.25, -0.2) is 9.37 Å². The quantitative estimate of drug-likeness (QED) is 0.694. The molecule has 0 fully saturated rings. The molecule has 0 saturated carbocycles. The Kier molecular flexibility index (Phi) is 4.01. The number of halogens is 1. The molecule has 0 radical (unpaired) electrons. The van der Waals surface area contributed by atoms with Crippen LogP contribution in [0, 0.1) is 5.82 Å². The minimum absolute atomic E-state index is 0.162. The second-order valence-corrected chi connectivity index (χ2v) is 3.44. The number of nitrogens with zero attached hydrogens (tertiary/aromatic N) is 1. The van der Waals surface area contributed by atoms with Crippen molar-refractivity contribution >= 4 is 21.6 Å². The van der Waals surface area contributed by atoms with E-state index in [2.05, 4.69) is 4.98 Å². The first kappa shape index (κ1) is 11.1. The average molecular weight is 211 g/mol. The second kappa shape index (κ2) is 5.05. The van der Waals surface area contributed by atoms with Crippen molar-refractivity contribution in [2.24, 2.45) is 0 Å². The van der Waals surface area contributed by atoms with E-state index in [9.17, 15) is 4.39 Å². The Hall–Kier alpha value is -0.960. The number of hydrogen-bond donors (Lipinski definition) is 0. The molecule has 0 bridgehead atoms. The summed E-state index contributed by atoms with van der Waals surface area (Å²) in [4.78, 5) is 4.13. The fraction of sp³-hybridized carbons (Fsp3) is 0.364. The van der Waals surface area contributed by atoms with Gasteiger partial charge in [-0.3, -0.25) is 0 Å². The van der Waals surface area contributed by atoms with Crippen LogP contribution in [0.2, 0.25) is 0 Å². The molecule has 0 aliphatic rings. The van der Waals surface area contributed by atoms with E-state index < -0.39 is 0 Å². The molecule has 1 aromatic carbocycles. The van der Waals surface area contributed by atoms with Gasteiger partial charge in [-0.2, -0.15) is 0 Å². The predicted molar refractivity (Wildman–Crippen MR) is 60.3 cm³/mol. The highest BCUT2D eigenvalue weighted by Crippen LogP contribution is 2.24. The van der Waals surface area contributed by atoms with Crippen molar-refractivity contribution in [3.8, 4) is 0 Å². The van der Waals surface area contributed by atoms with Gasteiger partial charge >= 0.3 is 0 Å². The van der Waals surface area contributed by atoms with Crippen LogP contribution in [0.1, 0.15) is 26.3 Å². The molecule has 2 rings (SSSR count). The minimum atomic E-state index is -0.162. The Balaban J connectivity index is 0.000000461. The number of thiazole rings is 1. The number of rotatable bonds is 1. The number of aromatic nitrogens is 1. The third kappa shape index (κ3) is 1.93. The molecule has 0 N–H and O–H groups in total. The van der Waals surface area contributed by atoms with Gasteiger partial charge in [-0.15, -0.1) is 11.3 Å². The van der Waals surface area contributed by atoms with Crippen molar-refractivity contribution in [1.29, 1.82) is 0 Å². The van der Waals surface area contributed by atoms with E-state index >= 15 is 0 Å². The molecule has 3 heteroatoms. The summed E-state index contributed by atoms with van der Waals surface area (Å²) in [6.07, 6.45) is 0.903. The molecule has 0 saturated heterocycles. The highest BCUT2D eigenvalue weighted by molar-refractivity contribution is 7.16. The van der Waals surface area contributed by atoms with E-state index in [1.54, 1.807) is 11.6 Å². The van der Waals surface area contributed by atoms with Crippen LogP contribution in [0.25, 0.3) is 10.2 Å². The van der Waals surface area contributed by atoms with Gasteiger partial charge < -0.3 is 0 Å². The van der Waals surface area contributed by atoms with Crippen LogP contribution in [0.15, 0.2) is 17.6 Å². The molecular weight excluding hydrogens is 197 g/mol. The first-order valence-corrected chi connectivity index (χ1v) is 5.71. The Labute approximate surface area is 87.6 Å². The van der Waals surface area contributed by atoms with Crippen LogP contribution in [0.5, 0.6) is 0 Å². The molecule has 0 spiro atoms. The fourth-order valence-electron chi connectivity index (χ4n) is 1.26. The van der Waals surface area contributed by atoms with E-state index in [-0.39, 0.29) is 5.82 Å². The zero-order valence-corrected chi connectivity index (χ0v) is 9.49. The smallest absolute Gasteiger partial charge is 0.142 e. The number of benzene rings is 1. The maximum atomic E-state index is 13.1. The van der Waals surface area contributed by atoms with Crippen LogP contribution in [-0.4, -0.2) is 4.98 Å². The normalized spacial score (nSPS) is 9.71. The van der Waals surface area contributed by atoms with Crippen molar-refractivity contribution in [1.82, 2.24) is 4.98 Å². The summed E-state index contributed by atoms with van der Waals surface area (Å²) >= 11 is 1.36. The average Bonchev–Trinajstić information content (AvgIpc) is 2.71. The second-order valence-electron chi connectivity index (χ2n) is 2.59. The van der Waals surface area contributed by atoms with Gasteiger partial charge in [-0.1, -0.05) is 26.8 Å². The van der Waals surface area contributed by atoms with Crippen molar-refractivity contribution in [2.75, 3.05) is 0 Å². The number of aryl methyl sites for hydroxylation is 1. The minimum Gasteiger partial charge on any atom is -0.244 e. The summed E-state index contributed by atoms with van der Waals surface area (Å²) < 4.78 is 13.8. The molecule has 76 valence electrons. The van der Waals surface area contributed by atoms with Gasteiger partial charge in [0.05, 0.1) is 15.7 Å². The van der Waals surface area contributed by atoms with Gasteiger partial charge in [0.15, 0.2) is 0 Å². The standard InChI is InChI=1S/C9H8FNS.C2H6/c1-2-6-3-4-7(10)9-8(6)11-5-12-9;1-2/h3-5H,2H2,1H3;1-2H3. The molecular formula is C11H14FNS. The molecule has 14 heavy (non-hydrogen) atoms. The molecule has 0 aliphatic heterocycles. The monoisotopic (exact) mass is 211 g/mol. The van der Waals surface area contributed by atoms with Crippen LogP contribution < -0.4 is 0 Å². The van der Waals surface area contributed by atoms with Crippen molar-refractivity contribution < 1.29 is 4.39 Å². The SMILES string of the molecule is CC.CCc1ccc(F)c2scnc12. The number of fused-ring (bicyclic) bond motifs is 1. The molecule has 0 unspecified atom stereocenters. The molecule has 1 nitrogen and oxygen atoms in total. The zero-order chi connectivity index (χ0) is 10.6. The lowest BCUT2D eigenvalue weighted by atomic mass is 10.1. The topological polar surface area (TPSA) is 12.9 Å². The van der Waals surface area contributed by atoms with Gasteiger partial charge in [0.25, 0.3) is 0 Å². The zero-order valence-electron chi connectivity index (χ0n) is 8.67. The third-order valence-electron chi connectivity index (χ3n) is 1.90. The Morgan fingerprint density at radius 3 is 2.71 bits per heavy atom. The van der Waals surface area contributed by atoms with Crippen molar-refractivity contribution in [2.45, 2.75) is 27.2 Å². The summed E-state index contributed by atoms with van der Waals surface area (Å²) in [5.41, 5.74) is 3.63. The van der Waals surface area contributed by atoms with Crippen LogP contribution in [0.3, 0.4) is 0 Å². The summed E-state index contributed by atoms with van der Waals surface area (Å²) in [5, 5.41) is 0. The van der Waals surface area contributed by atoms with Crippen LogP contribution in [-0.2, 0) is 6.42 Å².